The topological polar surface area (TPSA) is 20.3 Å². The molecule has 0 radical (unpaired) electrons. The van der Waals surface area contributed by atoms with Crippen LogP contribution < -0.4 is 0 Å². The van der Waals surface area contributed by atoms with E-state index in [4.69, 9.17) is 11.6 Å². The van der Waals surface area contributed by atoms with E-state index in [1.807, 2.05) is 6.07 Å². The molecule has 6 heteroatoms. The Morgan fingerprint density at radius 1 is 1.28 bits per heavy atom. The van der Waals surface area contributed by atoms with Gasteiger partial charge in [0.2, 0.25) is 0 Å². The Labute approximate surface area is 134 Å². The summed E-state index contributed by atoms with van der Waals surface area (Å²) in [6.45, 7) is 7.17. The predicted molar refractivity (Wildman–Crippen MR) is 85.4 cm³/mol. The average Bonchev–Trinajstić information content (AvgIpc) is 2.27. The van der Waals surface area contributed by atoms with Gasteiger partial charge in [-0.25, -0.2) is 0 Å². The fourth-order valence-electron chi connectivity index (χ4n) is 1.49. The molecule has 0 N–H and O–H groups in total. The fraction of sp³-hybridized carbons (Fsp3) is 0.417. The molecule has 0 unspecified atom stereocenters. The molecule has 0 spiro atoms. The molecule has 0 fully saturated rings. The number of hydrogen-bond donors (Lipinski definition) is 0. The minimum atomic E-state index is -0.421. The highest BCUT2D eigenvalue weighted by Gasteiger charge is 2.08. The van der Waals surface area contributed by atoms with Gasteiger partial charge in [-0.2, -0.15) is 0 Å². The molecule has 1 rings (SSSR count). The summed E-state index contributed by atoms with van der Waals surface area (Å²) in [6, 6.07) is 5.48. The van der Waals surface area contributed by atoms with Crippen LogP contribution >= 0.6 is 52.3 Å². The minimum Gasteiger partial charge on any atom is -0.300 e. The van der Waals surface area contributed by atoms with Crippen LogP contribution in [0, 0.1) is 0 Å². The highest BCUT2D eigenvalue weighted by molar-refractivity contribution is 9.10. The maximum atomic E-state index is 11.0. The predicted octanol–water partition coefficient (Wildman–Crippen LogP) is 4.51. The van der Waals surface area contributed by atoms with Gasteiger partial charge in [-0.15, -0.1) is 24.8 Å². The van der Waals surface area contributed by atoms with Gasteiger partial charge in [-0.1, -0.05) is 35.8 Å². The molecule has 18 heavy (non-hydrogen) atoms. The Morgan fingerprint density at radius 3 is 2.22 bits per heavy atom. The number of benzene rings is 1. The number of carbonyl (C=O) groups is 1. The highest BCUT2D eigenvalue weighted by Crippen LogP contribution is 2.21. The van der Waals surface area contributed by atoms with Crippen molar-refractivity contribution in [3.05, 3.63) is 33.8 Å². The van der Waals surface area contributed by atoms with Crippen LogP contribution in [0.15, 0.2) is 22.7 Å². The molecule has 0 amide bonds. The van der Waals surface area contributed by atoms with Crippen LogP contribution in [0.4, 0.5) is 0 Å². The molecule has 0 atom stereocenters. The first-order valence-electron chi connectivity index (χ1n) is 5.29. The first-order chi connectivity index (χ1) is 7.58. The van der Waals surface area contributed by atoms with Crippen molar-refractivity contribution in [2.75, 3.05) is 13.1 Å². The van der Waals surface area contributed by atoms with Gasteiger partial charge in [-0.05, 0) is 42.4 Å². The average molecular weight is 378 g/mol. The van der Waals surface area contributed by atoms with Crippen LogP contribution in [0.25, 0.3) is 0 Å². The fourth-order valence-corrected chi connectivity index (χ4v) is 2.11. The summed E-state index contributed by atoms with van der Waals surface area (Å²) in [5.41, 5.74) is 1.70. The maximum Gasteiger partial charge on any atom is 0.252 e. The van der Waals surface area contributed by atoms with E-state index in [-0.39, 0.29) is 24.8 Å². The van der Waals surface area contributed by atoms with Crippen molar-refractivity contribution in [3.63, 3.8) is 0 Å². The summed E-state index contributed by atoms with van der Waals surface area (Å²) in [5.74, 6) is 0. The third kappa shape index (κ3) is 5.89. The van der Waals surface area contributed by atoms with Gasteiger partial charge in [0.05, 0.1) is 0 Å². The van der Waals surface area contributed by atoms with E-state index >= 15 is 0 Å². The first kappa shape index (κ1) is 20.5. The lowest BCUT2D eigenvalue weighted by molar-refractivity contribution is 0.108. The normalized spacial score (nSPS) is 9.61. The van der Waals surface area contributed by atoms with Crippen molar-refractivity contribution in [3.8, 4) is 0 Å². The molecule has 0 saturated carbocycles. The van der Waals surface area contributed by atoms with Gasteiger partial charge < -0.3 is 0 Å². The van der Waals surface area contributed by atoms with Crippen molar-refractivity contribution >= 4 is 57.6 Å². The zero-order valence-electron chi connectivity index (χ0n) is 10.3. The molecule has 0 aromatic heterocycles. The molecule has 0 saturated heterocycles. The Kier molecular flexibility index (Phi) is 11.4. The van der Waals surface area contributed by atoms with Crippen LogP contribution in [-0.4, -0.2) is 23.2 Å². The monoisotopic (exact) mass is 375 g/mol. The van der Waals surface area contributed by atoms with Gasteiger partial charge in [-0.3, -0.25) is 9.69 Å². The molecule has 1 aromatic rings. The van der Waals surface area contributed by atoms with E-state index in [2.05, 4.69) is 34.7 Å². The van der Waals surface area contributed by atoms with Crippen molar-refractivity contribution in [2.45, 2.75) is 20.4 Å². The van der Waals surface area contributed by atoms with Crippen LogP contribution in [-0.2, 0) is 6.54 Å². The second-order valence-electron chi connectivity index (χ2n) is 3.54. The minimum absolute atomic E-state index is 0. The summed E-state index contributed by atoms with van der Waals surface area (Å²) < 4.78 is 0.936. The van der Waals surface area contributed by atoms with E-state index < -0.39 is 5.24 Å². The number of halogens is 4. The Morgan fingerprint density at radius 2 is 1.83 bits per heavy atom. The Bertz CT molecular complexity index is 384. The summed E-state index contributed by atoms with van der Waals surface area (Å²) in [5, 5.41) is -0.421. The van der Waals surface area contributed by atoms with Crippen molar-refractivity contribution in [2.24, 2.45) is 0 Å². The zero-order chi connectivity index (χ0) is 12.1. The van der Waals surface area contributed by atoms with E-state index in [0.29, 0.717) is 5.56 Å². The SMILES string of the molecule is CCN(CC)Cc1ccc(C(=O)Cl)cc1Br.Cl.Cl. The maximum absolute atomic E-state index is 11.0. The van der Waals surface area contributed by atoms with Crippen LogP contribution in [0.3, 0.4) is 0 Å². The summed E-state index contributed by atoms with van der Waals surface area (Å²) in [7, 11) is 0. The number of carbonyl (C=O) groups excluding carboxylic acids is 1. The van der Waals surface area contributed by atoms with Gasteiger partial charge in [0, 0.05) is 16.6 Å². The van der Waals surface area contributed by atoms with Crippen molar-refractivity contribution in [1.82, 2.24) is 4.90 Å². The van der Waals surface area contributed by atoms with Gasteiger partial charge in [0.25, 0.3) is 5.24 Å². The molecule has 0 aliphatic rings. The number of hydrogen-bond acceptors (Lipinski definition) is 2. The lowest BCUT2D eigenvalue weighted by Crippen LogP contribution is -2.22. The van der Waals surface area contributed by atoms with E-state index in [9.17, 15) is 4.79 Å². The second kappa shape index (κ2) is 10.0. The standard InChI is InChI=1S/C12H15BrClNO.2ClH/c1-3-15(4-2)8-10-6-5-9(12(14)16)7-11(10)13;;/h5-7H,3-4,8H2,1-2H3;2*1H. The van der Waals surface area contributed by atoms with E-state index in [1.165, 1.54) is 5.56 Å². The molecule has 2 nitrogen and oxygen atoms in total. The van der Waals surface area contributed by atoms with Crippen LogP contribution in [0.5, 0.6) is 0 Å². The molecule has 0 aliphatic carbocycles. The molecule has 0 bridgehead atoms. The second-order valence-corrected chi connectivity index (χ2v) is 4.74. The highest BCUT2D eigenvalue weighted by atomic mass is 79.9. The molecular formula is C12H17BrCl3NO. The van der Waals surface area contributed by atoms with Crippen molar-refractivity contribution < 1.29 is 4.79 Å². The van der Waals surface area contributed by atoms with Gasteiger partial charge >= 0.3 is 0 Å². The van der Waals surface area contributed by atoms with Crippen LogP contribution in [0.2, 0.25) is 0 Å². The summed E-state index contributed by atoms with van der Waals surface area (Å²) >= 11 is 8.88. The van der Waals surface area contributed by atoms with Crippen molar-refractivity contribution in [1.29, 1.82) is 0 Å². The van der Waals surface area contributed by atoms with E-state index in [0.717, 1.165) is 24.1 Å². The van der Waals surface area contributed by atoms with Crippen LogP contribution in [0.1, 0.15) is 29.8 Å². The molecule has 1 aromatic carbocycles. The van der Waals surface area contributed by atoms with Gasteiger partial charge in [0.1, 0.15) is 0 Å². The quantitative estimate of drug-likeness (QED) is 0.704. The molecular weight excluding hydrogens is 360 g/mol. The molecule has 0 heterocycles. The third-order valence-corrected chi connectivity index (χ3v) is 3.52. The number of nitrogens with zero attached hydrogens (tertiary/aromatic N) is 1. The summed E-state index contributed by atoms with van der Waals surface area (Å²) in [4.78, 5) is 13.3. The third-order valence-electron chi connectivity index (χ3n) is 2.57. The lowest BCUT2D eigenvalue weighted by atomic mass is 10.1. The number of rotatable bonds is 5. The molecule has 0 aliphatic heterocycles. The van der Waals surface area contributed by atoms with Gasteiger partial charge in [0.15, 0.2) is 0 Å². The largest absolute Gasteiger partial charge is 0.300 e. The molecule has 104 valence electrons. The smallest absolute Gasteiger partial charge is 0.252 e. The first-order valence-corrected chi connectivity index (χ1v) is 6.46. The Hall–Kier alpha value is 0.200. The lowest BCUT2D eigenvalue weighted by Gasteiger charge is -2.18. The zero-order valence-corrected chi connectivity index (χ0v) is 14.3. The summed E-state index contributed by atoms with van der Waals surface area (Å²) in [6.07, 6.45) is 0. The van der Waals surface area contributed by atoms with E-state index in [1.54, 1.807) is 12.1 Å². The Balaban J connectivity index is 0.